The maximum Gasteiger partial charge on any atom is 0.319 e. The van der Waals surface area contributed by atoms with E-state index in [4.69, 9.17) is 20.6 Å². The number of carbonyl (C=O) groups excluding carboxylic acids is 2. The van der Waals surface area contributed by atoms with Crippen molar-refractivity contribution in [3.8, 4) is 11.5 Å². The highest BCUT2D eigenvalue weighted by molar-refractivity contribution is 5.90. The van der Waals surface area contributed by atoms with E-state index in [1.165, 1.54) is 6.21 Å². The van der Waals surface area contributed by atoms with Crippen LogP contribution in [0.3, 0.4) is 0 Å². The molecule has 0 bridgehead atoms. The van der Waals surface area contributed by atoms with E-state index < -0.39 is 5.54 Å². The van der Waals surface area contributed by atoms with E-state index in [0.717, 1.165) is 16.7 Å². The number of nitrogens with one attached hydrogen (secondary N) is 3. The van der Waals surface area contributed by atoms with Crippen LogP contribution in [0.5, 0.6) is 11.5 Å². The molecule has 1 atom stereocenters. The molecular weight excluding hydrogens is 456 g/mol. The molecule has 36 heavy (non-hydrogen) atoms. The van der Waals surface area contributed by atoms with Gasteiger partial charge in [-0.15, -0.1) is 0 Å². The third-order valence-electron chi connectivity index (χ3n) is 5.69. The van der Waals surface area contributed by atoms with Crippen LogP contribution in [0.15, 0.2) is 54.1 Å². The summed E-state index contributed by atoms with van der Waals surface area (Å²) >= 11 is 0. The quantitative estimate of drug-likeness (QED) is 0.296. The van der Waals surface area contributed by atoms with Gasteiger partial charge in [-0.3, -0.25) is 4.79 Å². The molecule has 8 heteroatoms. The lowest BCUT2D eigenvalue weighted by Gasteiger charge is -2.25. The first kappa shape index (κ1) is 28.6. The van der Waals surface area contributed by atoms with Crippen LogP contribution < -0.4 is 25.8 Å². The van der Waals surface area contributed by atoms with Crippen molar-refractivity contribution in [2.24, 2.45) is 11.7 Å². The first-order chi connectivity index (χ1) is 17.1. The van der Waals surface area contributed by atoms with Crippen LogP contribution in [0.25, 0.3) is 0 Å². The number of ether oxygens (including phenoxy) is 2. The average Bonchev–Trinajstić information content (AvgIpc) is 2.82. The van der Waals surface area contributed by atoms with Crippen molar-refractivity contribution in [1.82, 2.24) is 5.32 Å². The van der Waals surface area contributed by atoms with Gasteiger partial charge in [0, 0.05) is 43.1 Å². The zero-order chi connectivity index (χ0) is 26.7. The molecule has 5 N–H and O–H groups in total. The summed E-state index contributed by atoms with van der Waals surface area (Å²) in [6.07, 6.45) is 4.24. The third-order valence-corrected chi connectivity index (χ3v) is 5.69. The van der Waals surface area contributed by atoms with Crippen molar-refractivity contribution < 1.29 is 19.1 Å². The number of allylic oxidation sites excluding steroid dienone is 2. The summed E-state index contributed by atoms with van der Waals surface area (Å²) in [7, 11) is 3.10. The first-order valence-electron chi connectivity index (χ1n) is 11.9. The molecule has 1 unspecified atom stereocenters. The van der Waals surface area contributed by atoms with Crippen LogP contribution in [-0.4, -0.2) is 37.8 Å². The van der Waals surface area contributed by atoms with Gasteiger partial charge in [0.25, 0.3) is 0 Å². The van der Waals surface area contributed by atoms with E-state index in [2.05, 4.69) is 10.6 Å². The van der Waals surface area contributed by atoms with Gasteiger partial charge in [-0.2, -0.15) is 0 Å². The number of hydrogen-bond donors (Lipinski definition) is 4. The monoisotopic (exact) mass is 494 g/mol. The van der Waals surface area contributed by atoms with E-state index in [1.54, 1.807) is 45.4 Å². The van der Waals surface area contributed by atoms with Gasteiger partial charge in [-0.05, 0) is 42.9 Å². The molecule has 0 saturated carbocycles. The zero-order valence-electron chi connectivity index (χ0n) is 21.8. The number of hydrogen-bond acceptors (Lipinski definition) is 6. The van der Waals surface area contributed by atoms with Crippen molar-refractivity contribution in [1.29, 1.82) is 5.41 Å². The lowest BCUT2D eigenvalue weighted by Crippen LogP contribution is -2.46. The van der Waals surface area contributed by atoms with Crippen molar-refractivity contribution in [3.05, 3.63) is 65.2 Å². The van der Waals surface area contributed by atoms with Gasteiger partial charge in [0.2, 0.25) is 0 Å². The van der Waals surface area contributed by atoms with Crippen molar-refractivity contribution in [2.75, 3.05) is 19.5 Å². The smallest absolute Gasteiger partial charge is 0.319 e. The summed E-state index contributed by atoms with van der Waals surface area (Å²) < 4.78 is 10.4. The molecule has 0 fully saturated rings. The lowest BCUT2D eigenvalue weighted by atomic mass is 9.84. The predicted octanol–water partition coefficient (Wildman–Crippen LogP) is 4.87. The molecule has 2 aromatic carbocycles. The Hall–Kier alpha value is -3.65. The van der Waals surface area contributed by atoms with Crippen LogP contribution in [0.4, 0.5) is 10.5 Å². The summed E-state index contributed by atoms with van der Waals surface area (Å²) in [6.45, 7) is 6.21. The van der Waals surface area contributed by atoms with Gasteiger partial charge >= 0.3 is 6.03 Å². The Morgan fingerprint density at radius 3 is 2.17 bits per heavy atom. The number of urea groups is 1. The van der Waals surface area contributed by atoms with Gasteiger partial charge in [-0.25, -0.2) is 4.79 Å². The van der Waals surface area contributed by atoms with E-state index in [-0.39, 0.29) is 18.2 Å². The molecular formula is C28H38N4O4. The fourth-order valence-electron chi connectivity index (χ4n) is 3.94. The lowest BCUT2D eigenvalue weighted by molar-refractivity contribution is -0.123. The zero-order valence-corrected chi connectivity index (χ0v) is 21.8. The van der Waals surface area contributed by atoms with E-state index in [9.17, 15) is 9.59 Å². The number of benzene rings is 2. The highest BCUT2D eigenvalue weighted by atomic mass is 16.5. The Morgan fingerprint density at radius 1 is 1.06 bits per heavy atom. The molecule has 2 aromatic rings. The van der Waals surface area contributed by atoms with Crippen molar-refractivity contribution in [3.63, 3.8) is 0 Å². The van der Waals surface area contributed by atoms with Gasteiger partial charge < -0.3 is 31.3 Å². The summed E-state index contributed by atoms with van der Waals surface area (Å²) in [4.78, 5) is 25.1. The molecule has 0 aliphatic carbocycles. The first-order valence-corrected chi connectivity index (χ1v) is 11.9. The highest BCUT2D eigenvalue weighted by Crippen LogP contribution is 2.25. The number of Topliss-reactive ketones (excluding diaryl/α,β-unsaturated/α-hetero) is 1. The highest BCUT2D eigenvalue weighted by Gasteiger charge is 2.29. The molecule has 0 aromatic heterocycles. The standard InChI is InChI=1S/C28H38N4O4/c1-19(2)17-28(3,30)26(33)13-22(10-11-29)12-20-6-8-21(9-7-20)18-31-27(34)32-23-14-24(35-4)16-25(15-23)36-5/h6-11,14-16,19,29H,12-13,17-18,30H2,1-5H3,(H2,31,32,34)/b22-10+,29-11?. The van der Waals surface area contributed by atoms with E-state index in [1.807, 2.05) is 38.1 Å². The normalized spacial score (nSPS) is 13.0. The van der Waals surface area contributed by atoms with Crippen LogP contribution in [-0.2, 0) is 17.8 Å². The van der Waals surface area contributed by atoms with E-state index in [0.29, 0.717) is 42.5 Å². The molecule has 2 rings (SSSR count). The molecule has 0 aliphatic heterocycles. The molecule has 0 spiro atoms. The molecule has 2 amide bonds. The summed E-state index contributed by atoms with van der Waals surface area (Å²) in [5, 5.41) is 13.1. The van der Waals surface area contributed by atoms with Crippen LogP contribution in [0.1, 0.15) is 44.7 Å². The molecule has 0 radical (unpaired) electrons. The minimum Gasteiger partial charge on any atom is -0.497 e. The predicted molar refractivity (Wildman–Crippen MR) is 144 cm³/mol. The number of nitrogens with two attached hydrogens (primary N) is 1. The third kappa shape index (κ3) is 9.19. The number of ketones is 1. The number of anilines is 1. The van der Waals surface area contributed by atoms with Gasteiger partial charge in [0.15, 0.2) is 5.78 Å². The van der Waals surface area contributed by atoms with E-state index >= 15 is 0 Å². The second-order valence-corrected chi connectivity index (χ2v) is 9.51. The maximum absolute atomic E-state index is 12.8. The minimum absolute atomic E-state index is 0.0233. The van der Waals surface area contributed by atoms with Gasteiger partial charge in [-0.1, -0.05) is 43.7 Å². The number of carbonyl (C=O) groups is 2. The Morgan fingerprint density at radius 2 is 1.64 bits per heavy atom. The second-order valence-electron chi connectivity index (χ2n) is 9.51. The summed E-state index contributed by atoms with van der Waals surface area (Å²) in [5.41, 5.74) is 8.72. The van der Waals surface area contributed by atoms with Crippen LogP contribution in [0, 0.1) is 11.3 Å². The SMILES string of the molecule is COc1cc(NC(=O)NCc2ccc(C/C(=C\C=N)CC(=O)C(C)(N)CC(C)C)cc2)cc(OC)c1. The van der Waals surface area contributed by atoms with Crippen LogP contribution >= 0.6 is 0 Å². The molecule has 0 heterocycles. The maximum atomic E-state index is 12.8. The Balaban J connectivity index is 1.94. The summed E-state index contributed by atoms with van der Waals surface area (Å²) in [6, 6.07) is 12.6. The Bertz CT molecular complexity index is 1050. The summed E-state index contributed by atoms with van der Waals surface area (Å²) in [5.74, 6) is 1.45. The fourth-order valence-corrected chi connectivity index (χ4v) is 3.94. The number of rotatable bonds is 13. The van der Waals surface area contributed by atoms with Crippen molar-refractivity contribution in [2.45, 2.75) is 52.1 Å². The molecule has 0 saturated heterocycles. The molecule has 8 nitrogen and oxygen atoms in total. The van der Waals surface area contributed by atoms with Gasteiger partial charge in [0.1, 0.15) is 11.5 Å². The molecule has 0 aliphatic rings. The largest absolute Gasteiger partial charge is 0.497 e. The minimum atomic E-state index is -0.888. The van der Waals surface area contributed by atoms with Crippen LogP contribution in [0.2, 0.25) is 0 Å². The fraction of sp³-hybridized carbons (Fsp3) is 0.393. The Kier molecular flexibility index (Phi) is 10.7. The van der Waals surface area contributed by atoms with Gasteiger partial charge in [0.05, 0.1) is 19.8 Å². The average molecular weight is 495 g/mol. The second kappa shape index (κ2) is 13.4. The topological polar surface area (TPSA) is 127 Å². The van der Waals surface area contributed by atoms with Crippen molar-refractivity contribution >= 4 is 23.7 Å². The molecule has 194 valence electrons. The number of amides is 2. The Labute approximate surface area is 213 Å². The number of methoxy groups -OCH3 is 2.